The van der Waals surface area contributed by atoms with E-state index in [1.165, 1.54) is 0 Å². The fourth-order valence-electron chi connectivity index (χ4n) is 0.759. The van der Waals surface area contributed by atoms with Crippen LogP contribution in [0.25, 0.3) is 0 Å². The SMILES string of the molecule is OCC(F)(F)c1ncc(F)cc1F. The van der Waals surface area contributed by atoms with Gasteiger partial charge in [0.2, 0.25) is 0 Å². The van der Waals surface area contributed by atoms with Gasteiger partial charge >= 0.3 is 5.92 Å². The van der Waals surface area contributed by atoms with Crippen molar-refractivity contribution in [3.63, 3.8) is 0 Å². The van der Waals surface area contributed by atoms with Crippen LogP contribution in [0.15, 0.2) is 12.3 Å². The van der Waals surface area contributed by atoms with Crippen molar-refractivity contribution in [1.82, 2.24) is 4.98 Å². The Balaban J connectivity index is 3.16. The molecule has 0 aliphatic heterocycles. The van der Waals surface area contributed by atoms with Gasteiger partial charge in [-0.15, -0.1) is 0 Å². The topological polar surface area (TPSA) is 33.1 Å². The number of rotatable bonds is 2. The van der Waals surface area contributed by atoms with E-state index in [4.69, 9.17) is 5.11 Å². The first-order valence-corrected chi connectivity index (χ1v) is 3.27. The van der Waals surface area contributed by atoms with Crippen LogP contribution < -0.4 is 0 Å². The van der Waals surface area contributed by atoms with Gasteiger partial charge in [0.05, 0.1) is 6.20 Å². The molecule has 13 heavy (non-hydrogen) atoms. The van der Waals surface area contributed by atoms with Gasteiger partial charge in [-0.05, 0) is 0 Å². The van der Waals surface area contributed by atoms with Crippen LogP contribution in [0.4, 0.5) is 17.6 Å². The maximum Gasteiger partial charge on any atom is 0.315 e. The molecule has 0 fully saturated rings. The molecule has 6 heteroatoms. The van der Waals surface area contributed by atoms with Crippen molar-refractivity contribution in [2.75, 3.05) is 6.61 Å². The van der Waals surface area contributed by atoms with Gasteiger partial charge in [0.25, 0.3) is 0 Å². The molecule has 1 aromatic rings. The van der Waals surface area contributed by atoms with E-state index in [9.17, 15) is 17.6 Å². The lowest BCUT2D eigenvalue weighted by atomic mass is 10.2. The highest BCUT2D eigenvalue weighted by Gasteiger charge is 2.35. The molecule has 0 aliphatic rings. The zero-order valence-electron chi connectivity index (χ0n) is 6.27. The summed E-state index contributed by atoms with van der Waals surface area (Å²) < 4.78 is 50.1. The quantitative estimate of drug-likeness (QED) is 0.724. The maximum atomic E-state index is 12.6. The number of nitrogens with zero attached hydrogens (tertiary/aromatic N) is 1. The summed E-state index contributed by atoms with van der Waals surface area (Å²) in [5.41, 5.74) is -1.25. The minimum absolute atomic E-state index is 0.284. The second-order valence-electron chi connectivity index (χ2n) is 2.35. The number of alkyl halides is 2. The molecule has 1 aromatic heterocycles. The molecule has 1 N–H and O–H groups in total. The van der Waals surface area contributed by atoms with Gasteiger partial charge in [-0.25, -0.2) is 13.8 Å². The fourth-order valence-corrected chi connectivity index (χ4v) is 0.759. The van der Waals surface area contributed by atoms with E-state index in [1.807, 2.05) is 0 Å². The van der Waals surface area contributed by atoms with Crippen molar-refractivity contribution in [1.29, 1.82) is 0 Å². The number of pyridine rings is 1. The highest BCUT2D eigenvalue weighted by molar-refractivity contribution is 5.13. The zero-order valence-corrected chi connectivity index (χ0v) is 6.27. The van der Waals surface area contributed by atoms with E-state index in [2.05, 4.69) is 4.98 Å². The van der Waals surface area contributed by atoms with Gasteiger partial charge < -0.3 is 5.11 Å². The molecule has 0 saturated heterocycles. The average Bonchev–Trinajstić information content (AvgIpc) is 2.03. The van der Waals surface area contributed by atoms with E-state index in [0.29, 0.717) is 6.20 Å². The number of aromatic nitrogens is 1. The molecule has 72 valence electrons. The number of halogens is 4. The predicted octanol–water partition coefficient (Wildman–Crippen LogP) is 1.44. The lowest BCUT2D eigenvalue weighted by molar-refractivity contribution is -0.0621. The summed E-state index contributed by atoms with van der Waals surface area (Å²) in [5.74, 6) is -6.30. The van der Waals surface area contributed by atoms with Crippen LogP contribution in [0.3, 0.4) is 0 Å². The van der Waals surface area contributed by atoms with Crippen LogP contribution in [0.1, 0.15) is 5.69 Å². The standard InChI is InChI=1S/C7H5F4NO/c8-4-1-5(9)6(12-2-4)7(10,11)3-13/h1-2,13H,3H2. The second-order valence-corrected chi connectivity index (χ2v) is 2.35. The Labute approximate surface area is 70.8 Å². The summed E-state index contributed by atoms with van der Waals surface area (Å²) >= 11 is 0. The van der Waals surface area contributed by atoms with Crippen molar-refractivity contribution >= 4 is 0 Å². The van der Waals surface area contributed by atoms with Crippen molar-refractivity contribution in [2.45, 2.75) is 5.92 Å². The summed E-state index contributed by atoms with van der Waals surface area (Å²) in [4.78, 5) is 2.86. The van der Waals surface area contributed by atoms with Crippen LogP contribution >= 0.6 is 0 Å². The normalized spacial score (nSPS) is 11.8. The molecule has 0 aliphatic carbocycles. The van der Waals surface area contributed by atoms with Crippen LogP contribution in [0.2, 0.25) is 0 Å². The highest BCUT2D eigenvalue weighted by atomic mass is 19.3. The molecule has 1 rings (SSSR count). The lowest BCUT2D eigenvalue weighted by Crippen LogP contribution is -2.22. The molecule has 1 heterocycles. The third-order valence-corrected chi connectivity index (χ3v) is 1.35. The van der Waals surface area contributed by atoms with E-state index in [-0.39, 0.29) is 6.07 Å². The van der Waals surface area contributed by atoms with E-state index >= 15 is 0 Å². The Morgan fingerprint density at radius 2 is 2.00 bits per heavy atom. The number of aliphatic hydroxyl groups is 1. The highest BCUT2D eigenvalue weighted by Crippen LogP contribution is 2.27. The lowest BCUT2D eigenvalue weighted by Gasteiger charge is -2.12. The van der Waals surface area contributed by atoms with Gasteiger partial charge in [0, 0.05) is 6.07 Å². The number of hydrogen-bond acceptors (Lipinski definition) is 2. The Morgan fingerprint density at radius 1 is 1.38 bits per heavy atom. The zero-order chi connectivity index (χ0) is 10.1. The summed E-state index contributed by atoms with van der Waals surface area (Å²) in [6, 6.07) is 0.284. The van der Waals surface area contributed by atoms with Crippen molar-refractivity contribution in [3.8, 4) is 0 Å². The molecule has 0 atom stereocenters. The predicted molar refractivity (Wildman–Crippen MR) is 35.1 cm³/mol. The fraction of sp³-hybridized carbons (Fsp3) is 0.286. The molecule has 0 radical (unpaired) electrons. The largest absolute Gasteiger partial charge is 0.390 e. The van der Waals surface area contributed by atoms with Gasteiger partial charge in [0.15, 0.2) is 5.82 Å². The molecular weight excluding hydrogens is 190 g/mol. The van der Waals surface area contributed by atoms with Crippen LogP contribution in [0, 0.1) is 11.6 Å². The van der Waals surface area contributed by atoms with E-state index in [0.717, 1.165) is 0 Å². The van der Waals surface area contributed by atoms with Crippen molar-refractivity contribution in [3.05, 3.63) is 29.6 Å². The molecule has 0 aromatic carbocycles. The molecule has 0 bridgehead atoms. The van der Waals surface area contributed by atoms with Crippen LogP contribution in [-0.4, -0.2) is 16.7 Å². The summed E-state index contributed by atoms with van der Waals surface area (Å²) in [6.45, 7) is -1.57. The Hall–Kier alpha value is -1.17. The van der Waals surface area contributed by atoms with Gasteiger partial charge in [0.1, 0.15) is 18.1 Å². The molecule has 0 unspecified atom stereocenters. The third kappa shape index (κ3) is 1.95. The maximum absolute atomic E-state index is 12.6. The van der Waals surface area contributed by atoms with Crippen molar-refractivity contribution in [2.24, 2.45) is 0 Å². The second kappa shape index (κ2) is 3.29. The van der Waals surface area contributed by atoms with Crippen LogP contribution in [0.5, 0.6) is 0 Å². The molecular formula is C7H5F4NO. The first kappa shape index (κ1) is 9.91. The van der Waals surface area contributed by atoms with Crippen LogP contribution in [-0.2, 0) is 5.92 Å². The smallest absolute Gasteiger partial charge is 0.315 e. The first-order chi connectivity index (χ1) is 5.97. The Kier molecular flexibility index (Phi) is 2.51. The van der Waals surface area contributed by atoms with E-state index < -0.39 is 29.9 Å². The van der Waals surface area contributed by atoms with Crippen molar-refractivity contribution < 1.29 is 22.7 Å². The number of aliphatic hydroxyl groups excluding tert-OH is 1. The average molecular weight is 195 g/mol. The first-order valence-electron chi connectivity index (χ1n) is 3.27. The molecule has 0 spiro atoms. The van der Waals surface area contributed by atoms with E-state index in [1.54, 1.807) is 0 Å². The summed E-state index contributed by atoms with van der Waals surface area (Å²) in [5, 5.41) is 8.19. The molecule has 2 nitrogen and oxygen atoms in total. The Bertz CT molecular complexity index is 315. The Morgan fingerprint density at radius 3 is 2.46 bits per heavy atom. The molecule has 0 saturated carbocycles. The van der Waals surface area contributed by atoms with Gasteiger partial charge in [-0.2, -0.15) is 8.78 Å². The summed E-state index contributed by atoms with van der Waals surface area (Å²) in [6.07, 6.45) is 0.460. The monoisotopic (exact) mass is 195 g/mol. The number of hydrogen-bond donors (Lipinski definition) is 1. The van der Waals surface area contributed by atoms with Gasteiger partial charge in [-0.3, -0.25) is 0 Å². The summed E-state index contributed by atoms with van der Waals surface area (Å²) in [7, 11) is 0. The molecule has 0 amide bonds. The minimum Gasteiger partial charge on any atom is -0.390 e. The minimum atomic E-state index is -3.78. The third-order valence-electron chi connectivity index (χ3n) is 1.35. The van der Waals surface area contributed by atoms with Gasteiger partial charge in [-0.1, -0.05) is 0 Å².